The van der Waals surface area contributed by atoms with Crippen molar-refractivity contribution in [2.75, 3.05) is 18.2 Å². The van der Waals surface area contributed by atoms with Gasteiger partial charge in [0, 0.05) is 27.5 Å². The van der Waals surface area contributed by atoms with Gasteiger partial charge in [-0.2, -0.15) is 0 Å². The smallest absolute Gasteiger partial charge is 0.341 e. The highest BCUT2D eigenvalue weighted by molar-refractivity contribution is 9.10. The molecule has 0 saturated carbocycles. The molecule has 4 aromatic rings. The van der Waals surface area contributed by atoms with Crippen molar-refractivity contribution in [3.63, 3.8) is 0 Å². The van der Waals surface area contributed by atoms with Gasteiger partial charge in [0.2, 0.25) is 5.91 Å². The second kappa shape index (κ2) is 11.5. The molecule has 10 heteroatoms. The van der Waals surface area contributed by atoms with Gasteiger partial charge in [0.25, 0.3) is 0 Å². The minimum Gasteiger partial charge on any atom is -0.465 e. The third-order valence-electron chi connectivity index (χ3n) is 4.98. The van der Waals surface area contributed by atoms with E-state index in [2.05, 4.69) is 38.0 Å². The zero-order valence-corrected chi connectivity index (χ0v) is 22.0. The van der Waals surface area contributed by atoms with E-state index in [0.29, 0.717) is 28.1 Å². The molecule has 0 aliphatic rings. The number of hydrogen-bond acceptors (Lipinski definition) is 7. The molecular weight excluding hydrogens is 548 g/mol. The highest BCUT2D eigenvalue weighted by atomic mass is 79.9. The van der Waals surface area contributed by atoms with Crippen LogP contribution in [0.1, 0.15) is 10.4 Å². The van der Waals surface area contributed by atoms with Crippen LogP contribution in [0.2, 0.25) is 0 Å². The van der Waals surface area contributed by atoms with E-state index < -0.39 is 5.97 Å². The third-order valence-corrected chi connectivity index (χ3v) is 7.37. The summed E-state index contributed by atoms with van der Waals surface area (Å²) in [6.45, 7) is 4.32. The van der Waals surface area contributed by atoms with Gasteiger partial charge in [-0.05, 0) is 17.7 Å². The fourth-order valence-corrected chi connectivity index (χ4v) is 5.36. The number of anilines is 1. The number of carbonyl (C=O) groups excluding carboxylic acids is 2. The lowest BCUT2D eigenvalue weighted by Crippen LogP contribution is -2.16. The van der Waals surface area contributed by atoms with E-state index in [0.717, 1.165) is 21.2 Å². The number of aromatic nitrogens is 3. The molecule has 2 aromatic heterocycles. The van der Waals surface area contributed by atoms with Gasteiger partial charge < -0.3 is 10.1 Å². The monoisotopic (exact) mass is 568 g/mol. The van der Waals surface area contributed by atoms with Crippen molar-refractivity contribution < 1.29 is 14.3 Å². The Hall–Kier alpha value is -3.21. The largest absolute Gasteiger partial charge is 0.465 e. The summed E-state index contributed by atoms with van der Waals surface area (Å²) in [5, 5.41) is 14.3. The van der Waals surface area contributed by atoms with Crippen molar-refractivity contribution in [3.05, 3.63) is 82.7 Å². The van der Waals surface area contributed by atoms with Crippen LogP contribution in [-0.2, 0) is 16.1 Å². The standard InChI is InChI=1S/C25H21BrN4O3S2/c1-3-13-30-22(17-9-11-18(26)12-10-17)28-29-25(30)35-15-20(31)27-23-21(24(32)33-2)19(14-34-23)16-7-5-4-6-8-16/h3-12,14H,1,13,15H2,2H3,(H,27,31). The number of ether oxygens (including phenoxy) is 1. The highest BCUT2D eigenvalue weighted by Gasteiger charge is 2.23. The molecule has 2 heterocycles. The second-order valence-corrected chi connectivity index (χ2v) is 10.00. The maximum Gasteiger partial charge on any atom is 0.341 e. The molecule has 0 aliphatic heterocycles. The Morgan fingerprint density at radius 1 is 1.14 bits per heavy atom. The number of rotatable bonds is 9. The van der Waals surface area contributed by atoms with Gasteiger partial charge in [0.1, 0.15) is 10.6 Å². The number of benzene rings is 2. The number of hydrogen-bond donors (Lipinski definition) is 1. The molecule has 1 N–H and O–H groups in total. The van der Waals surface area contributed by atoms with Crippen molar-refractivity contribution in [1.29, 1.82) is 0 Å². The molecule has 0 radical (unpaired) electrons. The number of nitrogens with zero attached hydrogens (tertiary/aromatic N) is 3. The summed E-state index contributed by atoms with van der Waals surface area (Å²) in [6, 6.07) is 17.3. The normalized spacial score (nSPS) is 10.7. The van der Waals surface area contributed by atoms with Gasteiger partial charge >= 0.3 is 5.97 Å². The Balaban J connectivity index is 1.51. The van der Waals surface area contributed by atoms with Gasteiger partial charge in [-0.3, -0.25) is 9.36 Å². The van der Waals surface area contributed by atoms with Crippen molar-refractivity contribution in [3.8, 4) is 22.5 Å². The second-order valence-electron chi connectivity index (χ2n) is 7.26. The average Bonchev–Trinajstić information content (AvgIpc) is 3.48. The number of esters is 1. The molecule has 178 valence electrons. The van der Waals surface area contributed by atoms with Crippen LogP contribution in [0.15, 0.2) is 82.3 Å². The van der Waals surface area contributed by atoms with Crippen LogP contribution in [0.3, 0.4) is 0 Å². The van der Waals surface area contributed by atoms with Crippen molar-refractivity contribution >= 4 is 55.9 Å². The number of carbonyl (C=O) groups is 2. The van der Waals surface area contributed by atoms with Crippen molar-refractivity contribution in [1.82, 2.24) is 14.8 Å². The van der Waals surface area contributed by atoms with E-state index in [1.807, 2.05) is 64.5 Å². The number of amides is 1. The maximum atomic E-state index is 12.8. The van der Waals surface area contributed by atoms with Crippen LogP contribution in [0.4, 0.5) is 5.00 Å². The molecule has 1 amide bonds. The summed E-state index contributed by atoms with van der Waals surface area (Å²) in [4.78, 5) is 25.3. The van der Waals surface area contributed by atoms with E-state index in [4.69, 9.17) is 4.74 Å². The minimum atomic E-state index is -0.502. The summed E-state index contributed by atoms with van der Waals surface area (Å²) >= 11 is 5.99. The number of thiophene rings is 1. The number of halogens is 1. The molecule has 0 aliphatic carbocycles. The Kier molecular flexibility index (Phi) is 8.17. The molecular formula is C25H21BrN4O3S2. The first kappa shape index (κ1) is 24.9. The quantitative estimate of drug-likeness (QED) is 0.148. The number of nitrogens with one attached hydrogen (secondary N) is 1. The van der Waals surface area contributed by atoms with Gasteiger partial charge in [-0.1, -0.05) is 76.2 Å². The van der Waals surface area contributed by atoms with E-state index in [9.17, 15) is 9.59 Å². The van der Waals surface area contributed by atoms with Crippen LogP contribution in [0.5, 0.6) is 0 Å². The van der Waals surface area contributed by atoms with Crippen molar-refractivity contribution in [2.45, 2.75) is 11.7 Å². The molecule has 2 aromatic carbocycles. The molecule has 7 nitrogen and oxygen atoms in total. The predicted molar refractivity (Wildman–Crippen MR) is 144 cm³/mol. The van der Waals surface area contributed by atoms with Crippen LogP contribution < -0.4 is 5.32 Å². The first-order chi connectivity index (χ1) is 17.0. The molecule has 0 atom stereocenters. The predicted octanol–water partition coefficient (Wildman–Crippen LogP) is 6.14. The number of thioether (sulfide) groups is 1. The SMILES string of the molecule is C=CCn1c(SCC(=O)Nc2scc(-c3ccccc3)c2C(=O)OC)nnc1-c1ccc(Br)cc1. The summed E-state index contributed by atoms with van der Waals surface area (Å²) in [6.07, 6.45) is 1.76. The first-order valence-electron chi connectivity index (χ1n) is 10.5. The summed E-state index contributed by atoms with van der Waals surface area (Å²) < 4.78 is 7.86. The van der Waals surface area contributed by atoms with Gasteiger partial charge in [-0.15, -0.1) is 28.1 Å². The molecule has 0 saturated heterocycles. The van der Waals surface area contributed by atoms with Crippen LogP contribution >= 0.6 is 39.0 Å². The van der Waals surface area contributed by atoms with E-state index in [-0.39, 0.29) is 11.7 Å². The minimum absolute atomic E-state index is 0.0921. The summed E-state index contributed by atoms with van der Waals surface area (Å²) in [5.74, 6) is 0.0198. The van der Waals surface area contributed by atoms with E-state index >= 15 is 0 Å². The zero-order valence-electron chi connectivity index (χ0n) is 18.7. The first-order valence-corrected chi connectivity index (χ1v) is 13.2. The molecule has 35 heavy (non-hydrogen) atoms. The Morgan fingerprint density at radius 2 is 1.89 bits per heavy atom. The van der Waals surface area contributed by atoms with Crippen LogP contribution in [-0.4, -0.2) is 39.5 Å². The van der Waals surface area contributed by atoms with Crippen molar-refractivity contribution in [2.24, 2.45) is 0 Å². The van der Waals surface area contributed by atoms with Gasteiger partial charge in [-0.25, -0.2) is 4.79 Å². The summed E-state index contributed by atoms with van der Waals surface area (Å²) in [7, 11) is 1.33. The fourth-order valence-electron chi connectivity index (χ4n) is 3.38. The highest BCUT2D eigenvalue weighted by Crippen LogP contribution is 2.36. The van der Waals surface area contributed by atoms with Crippen LogP contribution in [0, 0.1) is 0 Å². The van der Waals surface area contributed by atoms with E-state index in [1.54, 1.807) is 6.08 Å². The molecule has 0 unspecified atom stereocenters. The lowest BCUT2D eigenvalue weighted by atomic mass is 10.0. The number of allylic oxidation sites excluding steroid dienone is 1. The Morgan fingerprint density at radius 3 is 2.57 bits per heavy atom. The fraction of sp³-hybridized carbons (Fsp3) is 0.120. The molecule has 4 rings (SSSR count). The lowest BCUT2D eigenvalue weighted by Gasteiger charge is -2.09. The van der Waals surface area contributed by atoms with Gasteiger partial charge in [0.15, 0.2) is 11.0 Å². The lowest BCUT2D eigenvalue weighted by molar-refractivity contribution is -0.113. The topological polar surface area (TPSA) is 86.1 Å². The van der Waals surface area contributed by atoms with Gasteiger partial charge in [0.05, 0.1) is 12.9 Å². The summed E-state index contributed by atoms with van der Waals surface area (Å²) in [5.41, 5.74) is 2.84. The molecule has 0 fully saturated rings. The third kappa shape index (κ3) is 5.72. The Bertz CT molecular complexity index is 1350. The molecule has 0 bridgehead atoms. The maximum absolute atomic E-state index is 12.8. The van der Waals surface area contributed by atoms with E-state index in [1.165, 1.54) is 30.2 Å². The Labute approximate surface area is 219 Å². The molecule has 0 spiro atoms. The number of methoxy groups -OCH3 is 1. The average molecular weight is 570 g/mol. The zero-order chi connectivity index (χ0) is 24.8. The van der Waals surface area contributed by atoms with Crippen LogP contribution in [0.25, 0.3) is 22.5 Å².